The Morgan fingerprint density at radius 1 is 0.931 bits per heavy atom. The van der Waals surface area contributed by atoms with Gasteiger partial charge in [-0.2, -0.15) is 0 Å². The molecule has 1 nitrogen and oxygen atoms in total. The number of fused-ring (bicyclic) bond motifs is 3. The Morgan fingerprint density at radius 3 is 2.31 bits per heavy atom. The molecule has 0 saturated heterocycles. The van der Waals surface area contributed by atoms with Crippen LogP contribution in [0.3, 0.4) is 0 Å². The second-order valence-electron chi connectivity index (χ2n) is 7.06. The fraction of sp³-hybridized carbons (Fsp3) is 0.217. The Balaban J connectivity index is 1.72. The van der Waals surface area contributed by atoms with Crippen molar-refractivity contribution in [2.45, 2.75) is 32.5 Å². The summed E-state index contributed by atoms with van der Waals surface area (Å²) in [5.41, 5.74) is 3.76. The summed E-state index contributed by atoms with van der Waals surface area (Å²) in [6.07, 6.45) is -2.56. The first-order valence-corrected chi connectivity index (χ1v) is 9.26. The van der Waals surface area contributed by atoms with Gasteiger partial charge in [-0.05, 0) is 52.4 Å². The number of halogens is 5. The van der Waals surface area contributed by atoms with Gasteiger partial charge >= 0.3 is 6.36 Å². The van der Waals surface area contributed by atoms with Crippen molar-refractivity contribution in [1.29, 1.82) is 0 Å². The summed E-state index contributed by atoms with van der Waals surface area (Å²) in [7, 11) is 0. The number of hydrogen-bond acceptors (Lipinski definition) is 1. The number of alkyl halides is 3. The molecule has 4 rings (SSSR count). The third kappa shape index (κ3) is 3.71. The minimum absolute atomic E-state index is 0.153. The summed E-state index contributed by atoms with van der Waals surface area (Å²) in [5, 5.41) is 0. The van der Waals surface area contributed by atoms with E-state index in [1.165, 1.54) is 18.2 Å². The number of ether oxygens (including phenoxy) is 1. The molecule has 0 saturated carbocycles. The average molecular weight is 404 g/mol. The summed E-state index contributed by atoms with van der Waals surface area (Å²) >= 11 is 0. The summed E-state index contributed by atoms with van der Waals surface area (Å²) in [6.45, 7) is 2.08. The lowest BCUT2D eigenvalue weighted by Gasteiger charge is -2.12. The highest BCUT2D eigenvalue weighted by Crippen LogP contribution is 2.43. The zero-order valence-corrected chi connectivity index (χ0v) is 15.5. The van der Waals surface area contributed by atoms with Crippen LogP contribution in [0.25, 0.3) is 22.3 Å². The van der Waals surface area contributed by atoms with Gasteiger partial charge in [-0.3, -0.25) is 0 Å². The number of hydrogen-bond donors (Lipinski definition) is 0. The average Bonchev–Trinajstić information content (AvgIpc) is 3.00. The number of aryl methyl sites for hydroxylation is 1. The van der Waals surface area contributed by atoms with Crippen LogP contribution < -0.4 is 4.74 Å². The smallest absolute Gasteiger partial charge is 0.406 e. The molecule has 0 aromatic heterocycles. The molecule has 0 unspecified atom stereocenters. The van der Waals surface area contributed by atoms with Gasteiger partial charge in [-0.1, -0.05) is 43.7 Å². The highest BCUT2D eigenvalue weighted by atomic mass is 19.4. The van der Waals surface area contributed by atoms with Crippen LogP contribution >= 0.6 is 0 Å². The molecule has 150 valence electrons. The first-order chi connectivity index (χ1) is 13.8. The van der Waals surface area contributed by atoms with Gasteiger partial charge in [0.15, 0.2) is 0 Å². The third-order valence-corrected chi connectivity index (χ3v) is 5.06. The van der Waals surface area contributed by atoms with Crippen LogP contribution in [-0.4, -0.2) is 6.36 Å². The summed E-state index contributed by atoms with van der Waals surface area (Å²) < 4.78 is 70.8. The molecule has 0 bridgehead atoms. The predicted octanol–water partition coefficient (Wildman–Crippen LogP) is 7.05. The van der Waals surface area contributed by atoms with E-state index in [9.17, 15) is 17.6 Å². The quantitative estimate of drug-likeness (QED) is 0.331. The zero-order chi connectivity index (χ0) is 20.8. The lowest BCUT2D eigenvalue weighted by atomic mass is 9.97. The summed E-state index contributed by atoms with van der Waals surface area (Å²) in [4.78, 5) is 0. The third-order valence-electron chi connectivity index (χ3n) is 5.06. The molecular weight excluding hydrogens is 387 g/mol. The Labute approximate surface area is 164 Å². The number of rotatable bonds is 4. The Bertz CT molecular complexity index is 1070. The minimum Gasteiger partial charge on any atom is -0.406 e. The van der Waals surface area contributed by atoms with Crippen molar-refractivity contribution in [3.05, 3.63) is 76.9 Å². The van der Waals surface area contributed by atoms with E-state index in [1.54, 1.807) is 0 Å². The molecule has 29 heavy (non-hydrogen) atoms. The molecule has 1 aliphatic carbocycles. The SMILES string of the molecule is CCCc1ccc2c(c1)Cc1c-2cc(F)c(-c2ccc(OC(F)(F)F)cc2)c1F. The van der Waals surface area contributed by atoms with Crippen LogP contribution in [0.2, 0.25) is 0 Å². The fourth-order valence-corrected chi connectivity index (χ4v) is 3.85. The van der Waals surface area contributed by atoms with E-state index in [0.29, 0.717) is 17.5 Å². The monoisotopic (exact) mass is 404 g/mol. The second-order valence-corrected chi connectivity index (χ2v) is 7.06. The van der Waals surface area contributed by atoms with Crippen LogP contribution in [0, 0.1) is 11.6 Å². The lowest BCUT2D eigenvalue weighted by molar-refractivity contribution is -0.274. The van der Waals surface area contributed by atoms with Gasteiger partial charge in [-0.25, -0.2) is 8.78 Å². The summed E-state index contributed by atoms with van der Waals surface area (Å²) in [6, 6.07) is 11.7. The molecule has 0 radical (unpaired) electrons. The highest BCUT2D eigenvalue weighted by molar-refractivity contribution is 5.81. The van der Waals surface area contributed by atoms with E-state index in [4.69, 9.17) is 0 Å². The van der Waals surface area contributed by atoms with Gasteiger partial charge < -0.3 is 4.74 Å². The molecule has 3 aromatic rings. The first-order valence-electron chi connectivity index (χ1n) is 9.26. The maximum absolute atomic E-state index is 15.3. The van der Waals surface area contributed by atoms with Crippen molar-refractivity contribution in [1.82, 2.24) is 0 Å². The normalized spacial score (nSPS) is 12.6. The molecule has 0 heterocycles. The molecule has 6 heteroatoms. The van der Waals surface area contributed by atoms with Crippen LogP contribution in [0.15, 0.2) is 48.5 Å². The van der Waals surface area contributed by atoms with Gasteiger partial charge in [0.25, 0.3) is 0 Å². The Hall–Kier alpha value is -2.89. The minimum atomic E-state index is -4.83. The van der Waals surface area contributed by atoms with Gasteiger partial charge in [0.05, 0.1) is 5.56 Å². The van der Waals surface area contributed by atoms with Crippen LogP contribution in [-0.2, 0) is 12.8 Å². The Kier molecular flexibility index (Phi) is 4.81. The molecule has 0 aliphatic heterocycles. The molecule has 0 spiro atoms. The van der Waals surface area contributed by atoms with E-state index >= 15 is 4.39 Å². The molecule has 0 N–H and O–H groups in total. The van der Waals surface area contributed by atoms with Crippen molar-refractivity contribution in [2.24, 2.45) is 0 Å². The zero-order valence-electron chi connectivity index (χ0n) is 15.5. The largest absolute Gasteiger partial charge is 0.573 e. The van der Waals surface area contributed by atoms with E-state index in [2.05, 4.69) is 11.7 Å². The first kappa shape index (κ1) is 19.4. The molecule has 3 aromatic carbocycles. The van der Waals surface area contributed by atoms with Crippen LogP contribution in [0.1, 0.15) is 30.0 Å². The molecule has 0 fully saturated rings. The molecule has 0 atom stereocenters. The maximum Gasteiger partial charge on any atom is 0.573 e. The molecule has 0 amide bonds. The van der Waals surface area contributed by atoms with E-state index in [0.717, 1.165) is 41.7 Å². The van der Waals surface area contributed by atoms with Crippen molar-refractivity contribution >= 4 is 0 Å². The number of benzene rings is 3. The highest BCUT2D eigenvalue weighted by Gasteiger charge is 2.31. The van der Waals surface area contributed by atoms with Crippen LogP contribution in [0.5, 0.6) is 5.75 Å². The van der Waals surface area contributed by atoms with Crippen molar-refractivity contribution < 1.29 is 26.7 Å². The van der Waals surface area contributed by atoms with E-state index in [1.807, 2.05) is 18.2 Å². The molecule has 1 aliphatic rings. The van der Waals surface area contributed by atoms with Gasteiger partial charge in [0, 0.05) is 12.0 Å². The second kappa shape index (κ2) is 7.17. The van der Waals surface area contributed by atoms with E-state index in [-0.39, 0.29) is 11.1 Å². The lowest BCUT2D eigenvalue weighted by Crippen LogP contribution is -2.16. The Morgan fingerprint density at radius 2 is 1.66 bits per heavy atom. The predicted molar refractivity (Wildman–Crippen MR) is 101 cm³/mol. The maximum atomic E-state index is 15.3. The standard InChI is InChI=1S/C23H17F5O/c1-2-3-13-4-9-17-15(10-13)11-19-18(17)12-20(24)21(22(19)25)14-5-7-16(8-6-14)29-23(26,27)28/h4-10,12H,2-3,11H2,1H3. The van der Waals surface area contributed by atoms with Gasteiger partial charge in [0.1, 0.15) is 17.4 Å². The van der Waals surface area contributed by atoms with Gasteiger partial charge in [-0.15, -0.1) is 13.2 Å². The summed E-state index contributed by atoms with van der Waals surface area (Å²) in [5.74, 6) is -1.88. The van der Waals surface area contributed by atoms with Crippen molar-refractivity contribution in [3.63, 3.8) is 0 Å². The fourth-order valence-electron chi connectivity index (χ4n) is 3.85. The van der Waals surface area contributed by atoms with Crippen molar-refractivity contribution in [3.8, 4) is 28.0 Å². The van der Waals surface area contributed by atoms with Gasteiger partial charge in [0.2, 0.25) is 0 Å². The van der Waals surface area contributed by atoms with Crippen LogP contribution in [0.4, 0.5) is 22.0 Å². The molecular formula is C23H17F5O. The topological polar surface area (TPSA) is 9.23 Å². The van der Waals surface area contributed by atoms with Crippen molar-refractivity contribution in [2.75, 3.05) is 0 Å². The van der Waals surface area contributed by atoms with E-state index < -0.39 is 23.7 Å².